The van der Waals surface area contributed by atoms with Crippen LogP contribution in [0.1, 0.15) is 24.9 Å². The molecule has 1 atom stereocenters. The molecule has 2 N–H and O–H groups in total. The van der Waals surface area contributed by atoms with Crippen molar-refractivity contribution in [3.8, 4) is 11.5 Å². The number of rotatable bonds is 9. The van der Waals surface area contributed by atoms with Crippen molar-refractivity contribution in [3.05, 3.63) is 60.2 Å². The topological polar surface area (TPSA) is 79.9 Å². The largest absolute Gasteiger partial charge is 0.494 e. The highest BCUT2D eigenvalue weighted by Gasteiger charge is 2.27. The first-order valence-corrected chi connectivity index (χ1v) is 9.84. The van der Waals surface area contributed by atoms with Crippen molar-refractivity contribution in [2.75, 3.05) is 33.0 Å². The van der Waals surface area contributed by atoms with E-state index in [0.29, 0.717) is 32.8 Å². The summed E-state index contributed by atoms with van der Waals surface area (Å²) < 4.78 is 11.0. The van der Waals surface area contributed by atoms with E-state index < -0.39 is 0 Å². The number of carbonyl (C=O) groups excluding carboxylic acids is 2. The minimum absolute atomic E-state index is 0.0349. The molecule has 29 heavy (non-hydrogen) atoms. The molecule has 2 amide bonds. The first-order chi connectivity index (χ1) is 14.2. The van der Waals surface area contributed by atoms with Crippen LogP contribution in [0.25, 0.3) is 0 Å². The van der Waals surface area contributed by atoms with E-state index in [4.69, 9.17) is 9.47 Å². The van der Waals surface area contributed by atoms with Crippen molar-refractivity contribution >= 4 is 11.8 Å². The number of carbonyl (C=O) groups is 2. The predicted octanol–water partition coefficient (Wildman–Crippen LogP) is 2.10. The van der Waals surface area contributed by atoms with Crippen molar-refractivity contribution < 1.29 is 19.1 Å². The Bertz CT molecular complexity index is 795. The minimum atomic E-state index is -0.198. The van der Waals surface area contributed by atoms with Crippen molar-refractivity contribution in [1.29, 1.82) is 0 Å². The van der Waals surface area contributed by atoms with Crippen molar-refractivity contribution in [3.63, 3.8) is 0 Å². The van der Waals surface area contributed by atoms with Crippen molar-refractivity contribution in [1.82, 2.24) is 15.5 Å². The van der Waals surface area contributed by atoms with Crippen LogP contribution in [-0.2, 0) is 9.59 Å². The normalized spacial score (nSPS) is 16.4. The molecule has 1 aliphatic rings. The summed E-state index contributed by atoms with van der Waals surface area (Å²) in [5.41, 5.74) is 1.03. The third kappa shape index (κ3) is 6.22. The van der Waals surface area contributed by atoms with Crippen LogP contribution in [0.4, 0.5) is 0 Å². The Labute approximate surface area is 171 Å². The maximum Gasteiger partial charge on any atom is 0.239 e. The van der Waals surface area contributed by atoms with Gasteiger partial charge in [-0.2, -0.15) is 0 Å². The van der Waals surface area contributed by atoms with Crippen LogP contribution in [0.15, 0.2) is 54.6 Å². The lowest BCUT2D eigenvalue weighted by atomic mass is 10.0. The predicted molar refractivity (Wildman–Crippen MR) is 110 cm³/mol. The van der Waals surface area contributed by atoms with E-state index in [1.165, 1.54) is 4.90 Å². The average Bonchev–Trinajstić information content (AvgIpc) is 2.74. The summed E-state index contributed by atoms with van der Waals surface area (Å²) in [6, 6.07) is 17.1. The van der Waals surface area contributed by atoms with Crippen LogP contribution >= 0.6 is 0 Å². The Morgan fingerprint density at radius 3 is 2.52 bits per heavy atom. The molecular formula is C22H27N3O4. The molecule has 7 nitrogen and oxygen atoms in total. The lowest BCUT2D eigenvalue weighted by Crippen LogP contribution is -2.50. The van der Waals surface area contributed by atoms with Crippen LogP contribution in [-0.4, -0.2) is 49.7 Å². The van der Waals surface area contributed by atoms with Gasteiger partial charge in [0.25, 0.3) is 0 Å². The number of nitrogens with one attached hydrogen (secondary N) is 2. The molecule has 1 aliphatic heterocycles. The second kappa shape index (κ2) is 10.5. The van der Waals surface area contributed by atoms with Gasteiger partial charge in [-0.3, -0.25) is 14.9 Å². The molecule has 3 rings (SSSR count). The summed E-state index contributed by atoms with van der Waals surface area (Å²) >= 11 is 0. The number of benzene rings is 2. The Morgan fingerprint density at radius 1 is 1.10 bits per heavy atom. The fourth-order valence-electron chi connectivity index (χ4n) is 3.13. The molecule has 0 aromatic heterocycles. The summed E-state index contributed by atoms with van der Waals surface area (Å²) in [5.74, 6) is 1.33. The van der Waals surface area contributed by atoms with Crippen LogP contribution < -0.4 is 20.1 Å². The van der Waals surface area contributed by atoms with Gasteiger partial charge in [0.15, 0.2) is 0 Å². The smallest absolute Gasteiger partial charge is 0.239 e. The summed E-state index contributed by atoms with van der Waals surface area (Å²) in [4.78, 5) is 26.1. The molecule has 0 saturated carbocycles. The van der Waals surface area contributed by atoms with E-state index in [1.54, 1.807) is 0 Å². The second-order valence-corrected chi connectivity index (χ2v) is 6.72. The van der Waals surface area contributed by atoms with E-state index >= 15 is 0 Å². The summed E-state index contributed by atoms with van der Waals surface area (Å²) in [7, 11) is 0. The Morgan fingerprint density at radius 2 is 1.83 bits per heavy atom. The molecular weight excluding hydrogens is 370 g/mol. The Hall–Kier alpha value is -3.06. The molecule has 0 spiro atoms. The van der Waals surface area contributed by atoms with Gasteiger partial charge >= 0.3 is 0 Å². The van der Waals surface area contributed by atoms with Gasteiger partial charge in [-0.05, 0) is 36.8 Å². The van der Waals surface area contributed by atoms with Crippen molar-refractivity contribution in [2.24, 2.45) is 0 Å². The summed E-state index contributed by atoms with van der Waals surface area (Å²) in [6.07, 6.45) is 0.318. The fraction of sp³-hybridized carbons (Fsp3) is 0.364. The summed E-state index contributed by atoms with van der Waals surface area (Å²) in [5, 5.41) is 6.10. The number of para-hydroxylation sites is 1. The second-order valence-electron chi connectivity index (χ2n) is 6.72. The third-order valence-electron chi connectivity index (χ3n) is 4.62. The van der Waals surface area contributed by atoms with Crippen LogP contribution in [0, 0.1) is 0 Å². The molecule has 0 radical (unpaired) electrons. The van der Waals surface area contributed by atoms with Crippen LogP contribution in [0.5, 0.6) is 11.5 Å². The standard InChI is InChI=1S/C22H27N3O4/c1-2-28-19-10-8-17(9-11-19)20-14-22(27)25(16-24-20)15-21(26)23-12-13-29-18-6-4-3-5-7-18/h3-11,20,24H,2,12-16H2,1H3,(H,23,26). The molecule has 1 heterocycles. The Balaban J connectivity index is 1.39. The van der Waals surface area contributed by atoms with Crippen LogP contribution in [0.2, 0.25) is 0 Å². The molecule has 0 aliphatic carbocycles. The maximum absolute atomic E-state index is 12.5. The molecule has 1 fully saturated rings. The Kier molecular flexibility index (Phi) is 7.47. The third-order valence-corrected chi connectivity index (χ3v) is 4.62. The zero-order chi connectivity index (χ0) is 20.5. The number of hydrogen-bond donors (Lipinski definition) is 2. The molecule has 2 aromatic rings. The first-order valence-electron chi connectivity index (χ1n) is 9.84. The lowest BCUT2D eigenvalue weighted by Gasteiger charge is -2.32. The number of amides is 2. The van der Waals surface area contributed by atoms with Gasteiger partial charge < -0.3 is 19.7 Å². The zero-order valence-electron chi connectivity index (χ0n) is 16.6. The SMILES string of the molecule is CCOc1ccc(C2CC(=O)N(CC(=O)NCCOc3ccccc3)CN2)cc1. The number of ether oxygens (including phenoxy) is 2. The van der Waals surface area contributed by atoms with Gasteiger partial charge in [0.2, 0.25) is 11.8 Å². The molecule has 154 valence electrons. The first kappa shape index (κ1) is 20.7. The van der Waals surface area contributed by atoms with Crippen LogP contribution in [0.3, 0.4) is 0 Å². The monoisotopic (exact) mass is 397 g/mol. The van der Waals surface area contributed by atoms with Gasteiger partial charge in [-0.1, -0.05) is 30.3 Å². The fourth-order valence-corrected chi connectivity index (χ4v) is 3.13. The molecule has 1 unspecified atom stereocenters. The number of nitrogens with zero attached hydrogens (tertiary/aromatic N) is 1. The maximum atomic E-state index is 12.5. The van der Waals surface area contributed by atoms with Gasteiger partial charge in [0.05, 0.1) is 19.8 Å². The zero-order valence-corrected chi connectivity index (χ0v) is 16.6. The highest BCUT2D eigenvalue weighted by molar-refractivity contribution is 5.85. The van der Waals surface area contributed by atoms with E-state index in [9.17, 15) is 9.59 Å². The lowest BCUT2D eigenvalue weighted by molar-refractivity contribution is -0.139. The molecule has 1 saturated heterocycles. The average molecular weight is 397 g/mol. The molecule has 7 heteroatoms. The quantitative estimate of drug-likeness (QED) is 0.634. The van der Waals surface area contributed by atoms with Gasteiger partial charge in [0.1, 0.15) is 24.7 Å². The van der Waals surface area contributed by atoms with Gasteiger partial charge in [-0.15, -0.1) is 0 Å². The number of hydrogen-bond acceptors (Lipinski definition) is 5. The van der Waals surface area contributed by atoms with Crippen molar-refractivity contribution in [2.45, 2.75) is 19.4 Å². The van der Waals surface area contributed by atoms with Gasteiger partial charge in [-0.25, -0.2) is 0 Å². The molecule has 0 bridgehead atoms. The van der Waals surface area contributed by atoms with Gasteiger partial charge in [0, 0.05) is 12.5 Å². The van der Waals surface area contributed by atoms with E-state index in [2.05, 4.69) is 10.6 Å². The highest BCUT2D eigenvalue weighted by Crippen LogP contribution is 2.23. The molecule has 2 aromatic carbocycles. The minimum Gasteiger partial charge on any atom is -0.494 e. The summed E-state index contributed by atoms with van der Waals surface area (Å²) in [6.45, 7) is 3.70. The highest BCUT2D eigenvalue weighted by atomic mass is 16.5. The van der Waals surface area contributed by atoms with E-state index in [0.717, 1.165) is 17.1 Å². The van der Waals surface area contributed by atoms with E-state index in [1.807, 2.05) is 61.5 Å². The van der Waals surface area contributed by atoms with E-state index in [-0.39, 0.29) is 24.4 Å².